The van der Waals surface area contributed by atoms with E-state index in [9.17, 15) is 0 Å². The predicted octanol–water partition coefficient (Wildman–Crippen LogP) is 1.80. The molecule has 1 heterocycles. The predicted molar refractivity (Wildman–Crippen MR) is 62.6 cm³/mol. The summed E-state index contributed by atoms with van der Waals surface area (Å²) >= 11 is 5.78. The van der Waals surface area contributed by atoms with Crippen LogP contribution in [0.2, 0.25) is 5.28 Å². The molecule has 0 radical (unpaired) electrons. The molecule has 6 heteroatoms. The first kappa shape index (κ1) is 12.0. The maximum Gasteiger partial charge on any atom is 0.231 e. The number of nitrogens with zero attached hydrogens (tertiary/aromatic N) is 4. The van der Waals surface area contributed by atoms with Crippen LogP contribution in [0, 0.1) is 0 Å². The Bertz CT molecular complexity index is 317. The number of halogens is 1. The van der Waals surface area contributed by atoms with Crippen molar-refractivity contribution in [1.29, 1.82) is 0 Å². The first-order valence-electron chi connectivity index (χ1n) is 4.97. The summed E-state index contributed by atoms with van der Waals surface area (Å²) in [4.78, 5) is 14.2. The molecule has 0 aliphatic carbocycles. The zero-order valence-corrected chi connectivity index (χ0v) is 10.0. The molecule has 0 bridgehead atoms. The lowest BCUT2D eigenvalue weighted by atomic mass is 10.3. The normalized spacial score (nSPS) is 10.1. The van der Waals surface area contributed by atoms with Crippen molar-refractivity contribution in [2.45, 2.75) is 19.8 Å². The minimum absolute atomic E-state index is 0.215. The molecule has 1 rings (SSSR count). The quantitative estimate of drug-likeness (QED) is 0.835. The molecule has 0 spiro atoms. The van der Waals surface area contributed by atoms with Gasteiger partial charge in [-0.05, 0) is 18.0 Å². The van der Waals surface area contributed by atoms with Gasteiger partial charge in [0.05, 0.1) is 0 Å². The van der Waals surface area contributed by atoms with Gasteiger partial charge in [-0.1, -0.05) is 13.3 Å². The summed E-state index contributed by atoms with van der Waals surface area (Å²) < 4.78 is 0. The van der Waals surface area contributed by atoms with E-state index >= 15 is 0 Å². The third kappa shape index (κ3) is 3.51. The summed E-state index contributed by atoms with van der Waals surface area (Å²) in [5.41, 5.74) is 0. The average Bonchev–Trinajstić information content (AvgIpc) is 2.24. The van der Waals surface area contributed by atoms with Crippen LogP contribution in [0.4, 0.5) is 11.9 Å². The van der Waals surface area contributed by atoms with Crippen LogP contribution in [0.5, 0.6) is 0 Å². The van der Waals surface area contributed by atoms with E-state index in [1.54, 1.807) is 7.05 Å². The molecule has 0 aromatic carbocycles. The summed E-state index contributed by atoms with van der Waals surface area (Å²) in [7, 11) is 3.70. The minimum Gasteiger partial charge on any atom is -0.357 e. The molecule has 1 N–H and O–H groups in total. The van der Waals surface area contributed by atoms with Gasteiger partial charge in [0, 0.05) is 20.6 Å². The second-order valence-corrected chi connectivity index (χ2v) is 3.59. The van der Waals surface area contributed by atoms with Crippen LogP contribution in [-0.4, -0.2) is 35.6 Å². The average molecular weight is 230 g/mol. The van der Waals surface area contributed by atoms with Gasteiger partial charge in [-0.25, -0.2) is 0 Å². The Kier molecular flexibility index (Phi) is 4.55. The van der Waals surface area contributed by atoms with Gasteiger partial charge < -0.3 is 10.2 Å². The minimum atomic E-state index is 0.215. The maximum atomic E-state index is 5.78. The highest BCUT2D eigenvalue weighted by molar-refractivity contribution is 6.28. The summed E-state index contributed by atoms with van der Waals surface area (Å²) in [5.74, 6) is 1.10. The molecule has 15 heavy (non-hydrogen) atoms. The fourth-order valence-electron chi connectivity index (χ4n) is 1.12. The number of nitrogens with one attached hydrogen (secondary N) is 1. The fourth-order valence-corrected chi connectivity index (χ4v) is 1.27. The van der Waals surface area contributed by atoms with E-state index < -0.39 is 0 Å². The van der Waals surface area contributed by atoms with Crippen molar-refractivity contribution >= 4 is 23.5 Å². The summed E-state index contributed by atoms with van der Waals surface area (Å²) in [6.07, 6.45) is 2.25. The number of aromatic nitrogens is 3. The highest BCUT2D eigenvalue weighted by Gasteiger charge is 2.07. The van der Waals surface area contributed by atoms with Gasteiger partial charge in [-0.3, -0.25) is 0 Å². The zero-order chi connectivity index (χ0) is 11.3. The Morgan fingerprint density at radius 1 is 1.33 bits per heavy atom. The van der Waals surface area contributed by atoms with E-state index in [2.05, 4.69) is 27.2 Å². The van der Waals surface area contributed by atoms with Crippen LogP contribution in [-0.2, 0) is 0 Å². The Balaban J connectivity index is 2.78. The van der Waals surface area contributed by atoms with Crippen molar-refractivity contribution in [1.82, 2.24) is 15.0 Å². The van der Waals surface area contributed by atoms with E-state index in [-0.39, 0.29) is 5.28 Å². The van der Waals surface area contributed by atoms with Crippen LogP contribution in [0.15, 0.2) is 0 Å². The third-order valence-corrected chi connectivity index (χ3v) is 2.18. The van der Waals surface area contributed by atoms with Crippen LogP contribution in [0.3, 0.4) is 0 Å². The molecule has 0 saturated heterocycles. The monoisotopic (exact) mass is 229 g/mol. The topological polar surface area (TPSA) is 53.9 Å². The van der Waals surface area contributed by atoms with Gasteiger partial charge in [-0.2, -0.15) is 15.0 Å². The number of hydrogen-bond donors (Lipinski definition) is 1. The van der Waals surface area contributed by atoms with Gasteiger partial charge in [0.2, 0.25) is 17.2 Å². The fraction of sp³-hybridized carbons (Fsp3) is 0.667. The van der Waals surface area contributed by atoms with E-state index in [4.69, 9.17) is 11.6 Å². The number of unbranched alkanes of at least 4 members (excludes halogenated alkanes) is 1. The Labute approximate surface area is 94.9 Å². The molecule has 5 nitrogen and oxygen atoms in total. The van der Waals surface area contributed by atoms with E-state index in [1.807, 2.05) is 11.9 Å². The standard InChI is InChI=1S/C9H16ClN5/c1-4-5-6-15(3)9-13-7(10)12-8(11-2)14-9/h4-6H2,1-3H3,(H,11,12,13,14). The lowest BCUT2D eigenvalue weighted by molar-refractivity contribution is 0.747. The molecule has 0 fully saturated rings. The van der Waals surface area contributed by atoms with Crippen LogP contribution in [0.1, 0.15) is 19.8 Å². The summed E-state index contributed by atoms with van der Waals surface area (Å²) in [6, 6.07) is 0. The molecular weight excluding hydrogens is 214 g/mol. The van der Waals surface area contributed by atoms with Gasteiger partial charge in [0.15, 0.2) is 0 Å². The van der Waals surface area contributed by atoms with Crippen molar-refractivity contribution in [3.05, 3.63) is 5.28 Å². The largest absolute Gasteiger partial charge is 0.357 e. The molecule has 0 saturated carbocycles. The first-order chi connectivity index (χ1) is 7.17. The van der Waals surface area contributed by atoms with Gasteiger partial charge in [-0.15, -0.1) is 0 Å². The number of rotatable bonds is 5. The van der Waals surface area contributed by atoms with Crippen molar-refractivity contribution in [2.75, 3.05) is 30.9 Å². The lowest BCUT2D eigenvalue weighted by Gasteiger charge is -2.16. The van der Waals surface area contributed by atoms with Gasteiger partial charge >= 0.3 is 0 Å². The van der Waals surface area contributed by atoms with E-state index in [0.717, 1.165) is 19.4 Å². The summed E-state index contributed by atoms with van der Waals surface area (Å²) in [6.45, 7) is 3.06. The number of anilines is 2. The second-order valence-electron chi connectivity index (χ2n) is 3.25. The molecule has 0 aliphatic heterocycles. The molecule has 0 aliphatic rings. The highest BCUT2D eigenvalue weighted by atomic mass is 35.5. The molecule has 0 unspecified atom stereocenters. The second kappa shape index (κ2) is 5.70. The Hall–Kier alpha value is -1.10. The molecule has 0 amide bonds. The van der Waals surface area contributed by atoms with Gasteiger partial charge in [0.25, 0.3) is 0 Å². The lowest BCUT2D eigenvalue weighted by Crippen LogP contribution is -2.21. The Morgan fingerprint density at radius 3 is 2.67 bits per heavy atom. The Morgan fingerprint density at radius 2 is 2.07 bits per heavy atom. The molecule has 0 atom stereocenters. The van der Waals surface area contributed by atoms with Crippen molar-refractivity contribution in [3.8, 4) is 0 Å². The molecular formula is C9H16ClN5. The maximum absolute atomic E-state index is 5.78. The highest BCUT2D eigenvalue weighted by Crippen LogP contribution is 2.12. The van der Waals surface area contributed by atoms with E-state index in [0.29, 0.717) is 11.9 Å². The SMILES string of the molecule is CCCCN(C)c1nc(Cl)nc(NC)n1. The van der Waals surface area contributed by atoms with Gasteiger partial charge in [0.1, 0.15) is 0 Å². The molecule has 1 aromatic heterocycles. The summed E-state index contributed by atoms with van der Waals surface area (Å²) in [5, 5.41) is 3.06. The molecule has 1 aromatic rings. The van der Waals surface area contributed by atoms with Crippen molar-refractivity contribution in [3.63, 3.8) is 0 Å². The van der Waals surface area contributed by atoms with E-state index in [1.165, 1.54) is 0 Å². The number of hydrogen-bond acceptors (Lipinski definition) is 5. The van der Waals surface area contributed by atoms with Crippen molar-refractivity contribution < 1.29 is 0 Å². The third-order valence-electron chi connectivity index (χ3n) is 2.01. The van der Waals surface area contributed by atoms with Crippen LogP contribution in [0.25, 0.3) is 0 Å². The zero-order valence-electron chi connectivity index (χ0n) is 9.29. The van der Waals surface area contributed by atoms with Crippen molar-refractivity contribution in [2.24, 2.45) is 0 Å². The molecule has 84 valence electrons. The smallest absolute Gasteiger partial charge is 0.231 e. The van der Waals surface area contributed by atoms with Crippen LogP contribution >= 0.6 is 11.6 Å². The first-order valence-corrected chi connectivity index (χ1v) is 5.35. The van der Waals surface area contributed by atoms with Crippen LogP contribution < -0.4 is 10.2 Å².